The molecule has 5 heteroatoms. The number of halogens is 2. The molecule has 0 N–H and O–H groups in total. The Balaban J connectivity index is 1.50. The minimum atomic E-state index is -0.274. The molecule has 0 bridgehead atoms. The van der Waals surface area contributed by atoms with Crippen LogP contribution in [0.3, 0.4) is 0 Å². The first-order chi connectivity index (χ1) is 14.1. The lowest BCUT2D eigenvalue weighted by Crippen LogP contribution is -2.51. The van der Waals surface area contributed by atoms with Crippen molar-refractivity contribution in [1.82, 2.24) is 9.80 Å². The van der Waals surface area contributed by atoms with Crippen molar-refractivity contribution in [3.63, 3.8) is 0 Å². The van der Waals surface area contributed by atoms with Crippen molar-refractivity contribution < 1.29 is 13.6 Å². The van der Waals surface area contributed by atoms with Crippen LogP contribution in [-0.2, 0) is 4.79 Å². The average Bonchev–Trinajstić information content (AvgIpc) is 2.77. The Kier molecular flexibility index (Phi) is 6.05. The van der Waals surface area contributed by atoms with Gasteiger partial charge in [0.05, 0.1) is 6.04 Å². The molecule has 1 atom stereocenters. The van der Waals surface area contributed by atoms with Crippen LogP contribution in [0.15, 0.2) is 60.7 Å². The summed E-state index contributed by atoms with van der Waals surface area (Å²) >= 11 is 0. The van der Waals surface area contributed by atoms with Gasteiger partial charge in [-0.25, -0.2) is 8.78 Å². The third kappa shape index (κ3) is 4.56. The molecule has 2 aromatic carbocycles. The predicted molar refractivity (Wildman–Crippen MR) is 109 cm³/mol. The topological polar surface area (TPSA) is 23.6 Å². The first-order valence-corrected chi connectivity index (χ1v) is 10.3. The maximum absolute atomic E-state index is 13.5. The molecular weight excluding hydrogens is 370 g/mol. The molecule has 0 unspecified atom stereocenters. The van der Waals surface area contributed by atoms with Crippen molar-refractivity contribution >= 4 is 5.91 Å². The minimum Gasteiger partial charge on any atom is -0.340 e. The third-order valence-corrected chi connectivity index (χ3v) is 5.98. The number of hydrogen-bond donors (Lipinski definition) is 0. The van der Waals surface area contributed by atoms with E-state index in [-0.39, 0.29) is 29.5 Å². The summed E-state index contributed by atoms with van der Waals surface area (Å²) in [7, 11) is 0. The molecule has 4 rings (SSSR count). The Hall–Kier alpha value is -2.53. The maximum atomic E-state index is 13.5. The summed E-state index contributed by atoms with van der Waals surface area (Å²) in [4.78, 5) is 17.1. The lowest BCUT2D eigenvalue weighted by Gasteiger charge is -2.41. The van der Waals surface area contributed by atoms with Gasteiger partial charge in [0.2, 0.25) is 5.91 Å². The van der Waals surface area contributed by atoms with Crippen LogP contribution in [-0.4, -0.2) is 41.9 Å². The Bertz CT molecular complexity index is 810. The molecule has 1 fully saturated rings. The highest BCUT2D eigenvalue weighted by Gasteiger charge is 2.31. The standard InChI is InChI=1S/C24H26F2N2O/c25-21-10-6-18(7-11-21)23(19-8-12-22(26)13-9-19)27-14-16-28(17-15-27)24(29)20-4-2-1-3-5-20/h1-2,6-13,20,23H,3-5,14-17H2/t20-/m0/s1. The number of piperazine rings is 1. The van der Waals surface area contributed by atoms with Gasteiger partial charge in [0.15, 0.2) is 0 Å². The van der Waals surface area contributed by atoms with Gasteiger partial charge in [0.1, 0.15) is 11.6 Å². The maximum Gasteiger partial charge on any atom is 0.226 e. The Labute approximate surface area is 170 Å². The Morgan fingerprint density at radius 2 is 1.38 bits per heavy atom. The Morgan fingerprint density at radius 3 is 1.86 bits per heavy atom. The predicted octanol–water partition coefficient (Wildman–Crippen LogP) is 4.55. The summed E-state index contributed by atoms with van der Waals surface area (Å²) < 4.78 is 26.9. The van der Waals surface area contributed by atoms with Crippen molar-refractivity contribution in [3.8, 4) is 0 Å². The van der Waals surface area contributed by atoms with Gasteiger partial charge in [-0.05, 0) is 54.7 Å². The zero-order valence-electron chi connectivity index (χ0n) is 16.4. The number of benzene rings is 2. The highest BCUT2D eigenvalue weighted by atomic mass is 19.1. The van der Waals surface area contributed by atoms with Gasteiger partial charge in [-0.1, -0.05) is 36.4 Å². The number of amides is 1. The summed E-state index contributed by atoms with van der Waals surface area (Å²) in [5.41, 5.74) is 1.94. The number of carbonyl (C=O) groups excluding carboxylic acids is 1. The average molecular weight is 396 g/mol. The summed E-state index contributed by atoms with van der Waals surface area (Å²) in [6.07, 6.45) is 7.02. The van der Waals surface area contributed by atoms with E-state index in [1.54, 1.807) is 24.3 Å². The van der Waals surface area contributed by atoms with Crippen LogP contribution in [0.2, 0.25) is 0 Å². The number of carbonyl (C=O) groups is 1. The van der Waals surface area contributed by atoms with E-state index in [0.717, 1.165) is 43.5 Å². The second kappa shape index (κ2) is 8.87. The zero-order valence-corrected chi connectivity index (χ0v) is 16.4. The molecule has 29 heavy (non-hydrogen) atoms. The molecule has 1 heterocycles. The van der Waals surface area contributed by atoms with Crippen molar-refractivity contribution in [3.05, 3.63) is 83.4 Å². The number of nitrogens with zero attached hydrogens (tertiary/aromatic N) is 2. The van der Waals surface area contributed by atoms with Crippen LogP contribution in [0.5, 0.6) is 0 Å². The van der Waals surface area contributed by atoms with Gasteiger partial charge in [-0.3, -0.25) is 9.69 Å². The van der Waals surface area contributed by atoms with Gasteiger partial charge in [-0.15, -0.1) is 0 Å². The van der Waals surface area contributed by atoms with E-state index in [4.69, 9.17) is 0 Å². The molecule has 1 aliphatic heterocycles. The minimum absolute atomic E-state index is 0.0916. The SMILES string of the molecule is O=C([C@H]1CC=CCC1)N1CCN(C(c2ccc(F)cc2)c2ccc(F)cc2)CC1. The summed E-state index contributed by atoms with van der Waals surface area (Å²) in [6, 6.07) is 12.9. The molecule has 152 valence electrons. The van der Waals surface area contributed by atoms with E-state index in [0.29, 0.717) is 13.1 Å². The van der Waals surface area contributed by atoms with Crippen molar-refractivity contribution in [1.29, 1.82) is 0 Å². The fourth-order valence-corrected chi connectivity index (χ4v) is 4.38. The molecule has 2 aliphatic rings. The van der Waals surface area contributed by atoms with Crippen molar-refractivity contribution in [2.45, 2.75) is 25.3 Å². The fourth-order valence-electron chi connectivity index (χ4n) is 4.38. The van der Waals surface area contributed by atoms with Gasteiger partial charge < -0.3 is 4.90 Å². The highest BCUT2D eigenvalue weighted by Crippen LogP contribution is 2.30. The van der Waals surface area contributed by atoms with E-state index in [1.165, 1.54) is 24.3 Å². The first-order valence-electron chi connectivity index (χ1n) is 10.3. The molecule has 0 spiro atoms. The van der Waals surface area contributed by atoms with Gasteiger partial charge in [0.25, 0.3) is 0 Å². The number of hydrogen-bond acceptors (Lipinski definition) is 2. The van der Waals surface area contributed by atoms with Gasteiger partial charge >= 0.3 is 0 Å². The van der Waals surface area contributed by atoms with Crippen molar-refractivity contribution in [2.24, 2.45) is 5.92 Å². The third-order valence-electron chi connectivity index (χ3n) is 5.98. The monoisotopic (exact) mass is 396 g/mol. The quantitative estimate of drug-likeness (QED) is 0.708. The van der Waals surface area contributed by atoms with Crippen LogP contribution >= 0.6 is 0 Å². The van der Waals surface area contributed by atoms with Crippen LogP contribution in [0.1, 0.15) is 36.4 Å². The lowest BCUT2D eigenvalue weighted by molar-refractivity contribution is -0.137. The van der Waals surface area contributed by atoms with E-state index in [9.17, 15) is 13.6 Å². The van der Waals surface area contributed by atoms with E-state index in [1.807, 2.05) is 4.90 Å². The second-order valence-corrected chi connectivity index (χ2v) is 7.85. The number of rotatable bonds is 4. The normalized spacial score (nSPS) is 20.2. The lowest BCUT2D eigenvalue weighted by atomic mass is 9.92. The molecule has 0 radical (unpaired) electrons. The van der Waals surface area contributed by atoms with E-state index >= 15 is 0 Å². The summed E-state index contributed by atoms with van der Waals surface area (Å²) in [5, 5.41) is 0. The fraction of sp³-hybridized carbons (Fsp3) is 0.375. The van der Waals surface area contributed by atoms with Crippen LogP contribution < -0.4 is 0 Å². The molecule has 0 aromatic heterocycles. The van der Waals surface area contributed by atoms with Crippen LogP contribution in [0.4, 0.5) is 8.78 Å². The molecule has 1 aliphatic carbocycles. The van der Waals surface area contributed by atoms with Gasteiger partial charge in [0, 0.05) is 32.1 Å². The molecule has 3 nitrogen and oxygen atoms in total. The van der Waals surface area contributed by atoms with Crippen LogP contribution in [0, 0.1) is 17.6 Å². The molecule has 0 saturated carbocycles. The highest BCUT2D eigenvalue weighted by molar-refractivity contribution is 5.79. The molecule has 2 aromatic rings. The largest absolute Gasteiger partial charge is 0.340 e. The first kappa shape index (κ1) is 19.8. The zero-order chi connectivity index (χ0) is 20.2. The molecule has 1 amide bonds. The van der Waals surface area contributed by atoms with E-state index in [2.05, 4.69) is 17.1 Å². The van der Waals surface area contributed by atoms with Crippen LogP contribution in [0.25, 0.3) is 0 Å². The second-order valence-electron chi connectivity index (χ2n) is 7.85. The Morgan fingerprint density at radius 1 is 0.828 bits per heavy atom. The number of allylic oxidation sites excluding steroid dienone is 2. The molecule has 1 saturated heterocycles. The van der Waals surface area contributed by atoms with Crippen molar-refractivity contribution in [2.75, 3.05) is 26.2 Å². The summed E-state index contributed by atoms with van der Waals surface area (Å²) in [6.45, 7) is 2.82. The van der Waals surface area contributed by atoms with E-state index < -0.39 is 0 Å². The van der Waals surface area contributed by atoms with Gasteiger partial charge in [-0.2, -0.15) is 0 Å². The molecular formula is C24H26F2N2O. The smallest absolute Gasteiger partial charge is 0.226 e. The summed E-state index contributed by atoms with van der Waals surface area (Å²) in [5.74, 6) is -0.183.